The standard InChI is InChI=1S/C16H17BrN2S/c1-2-15(12-7-4-3-5-8-12)19-16(20)18-14-10-6-9-13(17)11-14/h3-11,15H,2H2,1H3,(H2,18,19,20)/t15-/m0/s1. The molecule has 0 aromatic heterocycles. The van der Waals surface area contributed by atoms with Crippen molar-refractivity contribution in [1.29, 1.82) is 0 Å². The number of benzene rings is 2. The lowest BCUT2D eigenvalue weighted by molar-refractivity contribution is 0.629. The number of halogens is 1. The summed E-state index contributed by atoms with van der Waals surface area (Å²) in [5, 5.41) is 7.20. The Morgan fingerprint density at radius 2 is 1.90 bits per heavy atom. The van der Waals surface area contributed by atoms with Crippen molar-refractivity contribution in [2.75, 3.05) is 5.32 Å². The van der Waals surface area contributed by atoms with Crippen LogP contribution < -0.4 is 10.6 Å². The minimum absolute atomic E-state index is 0.225. The molecule has 2 aromatic rings. The van der Waals surface area contributed by atoms with Gasteiger partial charge in [-0.1, -0.05) is 59.3 Å². The van der Waals surface area contributed by atoms with Gasteiger partial charge in [0.05, 0.1) is 6.04 Å². The Bertz CT molecular complexity index is 572. The van der Waals surface area contributed by atoms with Crippen LogP contribution in [0.3, 0.4) is 0 Å². The molecule has 0 saturated heterocycles. The van der Waals surface area contributed by atoms with Crippen LogP contribution in [0.15, 0.2) is 59.1 Å². The average Bonchev–Trinajstić information content (AvgIpc) is 2.45. The van der Waals surface area contributed by atoms with Crippen LogP contribution in [0, 0.1) is 0 Å². The van der Waals surface area contributed by atoms with Crippen molar-refractivity contribution >= 4 is 38.9 Å². The summed E-state index contributed by atoms with van der Waals surface area (Å²) in [7, 11) is 0. The first-order chi connectivity index (χ1) is 9.69. The van der Waals surface area contributed by atoms with E-state index in [1.165, 1.54) is 5.56 Å². The SMILES string of the molecule is CC[C@H](NC(=S)Nc1cccc(Br)c1)c1ccccc1. The van der Waals surface area contributed by atoms with Gasteiger partial charge >= 0.3 is 0 Å². The minimum atomic E-state index is 0.225. The molecule has 0 fully saturated rings. The zero-order valence-electron chi connectivity index (χ0n) is 11.3. The molecule has 0 aliphatic rings. The summed E-state index contributed by atoms with van der Waals surface area (Å²) in [5.41, 5.74) is 2.22. The summed E-state index contributed by atoms with van der Waals surface area (Å²) < 4.78 is 1.03. The number of anilines is 1. The molecule has 2 rings (SSSR count). The molecule has 2 nitrogen and oxygen atoms in total. The summed E-state index contributed by atoms with van der Waals surface area (Å²) in [6, 6.07) is 18.5. The molecule has 4 heteroatoms. The second-order valence-corrected chi connectivity index (χ2v) is 5.80. The van der Waals surface area contributed by atoms with Crippen LogP contribution in [-0.4, -0.2) is 5.11 Å². The van der Waals surface area contributed by atoms with Gasteiger partial charge in [-0.2, -0.15) is 0 Å². The molecule has 2 N–H and O–H groups in total. The lowest BCUT2D eigenvalue weighted by atomic mass is 10.1. The fraction of sp³-hybridized carbons (Fsp3) is 0.188. The van der Waals surface area contributed by atoms with E-state index in [9.17, 15) is 0 Å². The van der Waals surface area contributed by atoms with Crippen molar-refractivity contribution in [3.05, 3.63) is 64.6 Å². The van der Waals surface area contributed by atoms with E-state index in [1.54, 1.807) is 0 Å². The van der Waals surface area contributed by atoms with E-state index in [1.807, 2.05) is 42.5 Å². The van der Waals surface area contributed by atoms with Gasteiger partial charge < -0.3 is 10.6 Å². The van der Waals surface area contributed by atoms with Crippen LogP contribution in [0.25, 0.3) is 0 Å². The van der Waals surface area contributed by atoms with Crippen molar-refractivity contribution in [3.8, 4) is 0 Å². The van der Waals surface area contributed by atoms with Gasteiger partial charge in [-0.3, -0.25) is 0 Å². The van der Waals surface area contributed by atoms with Gasteiger partial charge in [0.2, 0.25) is 0 Å². The number of rotatable bonds is 4. The van der Waals surface area contributed by atoms with Crippen LogP contribution >= 0.6 is 28.1 Å². The molecular formula is C16H17BrN2S. The maximum atomic E-state index is 5.38. The van der Waals surface area contributed by atoms with Gasteiger partial charge in [-0.05, 0) is 42.4 Å². The van der Waals surface area contributed by atoms with Gasteiger partial charge in [0.15, 0.2) is 5.11 Å². The predicted octanol–water partition coefficient (Wildman–Crippen LogP) is 4.89. The molecule has 104 valence electrons. The van der Waals surface area contributed by atoms with Crippen molar-refractivity contribution < 1.29 is 0 Å². The summed E-state index contributed by atoms with van der Waals surface area (Å²) in [6.45, 7) is 2.15. The highest BCUT2D eigenvalue weighted by molar-refractivity contribution is 9.10. The monoisotopic (exact) mass is 348 g/mol. The van der Waals surface area contributed by atoms with E-state index in [2.05, 4.69) is 45.6 Å². The Labute approximate surface area is 133 Å². The van der Waals surface area contributed by atoms with Crippen LogP contribution in [0.4, 0.5) is 5.69 Å². The van der Waals surface area contributed by atoms with Gasteiger partial charge in [0.25, 0.3) is 0 Å². The largest absolute Gasteiger partial charge is 0.356 e. The van der Waals surface area contributed by atoms with Gasteiger partial charge in [0.1, 0.15) is 0 Å². The smallest absolute Gasteiger partial charge is 0.171 e. The molecule has 0 amide bonds. The molecule has 0 saturated carbocycles. The Hall–Kier alpha value is -1.39. The lowest BCUT2D eigenvalue weighted by Crippen LogP contribution is -2.32. The summed E-state index contributed by atoms with van der Waals surface area (Å²) in [4.78, 5) is 0. The van der Waals surface area contributed by atoms with Crippen molar-refractivity contribution in [2.24, 2.45) is 0 Å². The topological polar surface area (TPSA) is 24.1 Å². The average molecular weight is 349 g/mol. The molecule has 1 atom stereocenters. The third-order valence-corrected chi connectivity index (χ3v) is 3.71. The molecule has 0 aliphatic heterocycles. The maximum Gasteiger partial charge on any atom is 0.171 e. The van der Waals surface area contributed by atoms with Crippen LogP contribution in [0.5, 0.6) is 0 Å². The van der Waals surface area contributed by atoms with Crippen LogP contribution in [-0.2, 0) is 0 Å². The Morgan fingerprint density at radius 3 is 2.55 bits per heavy atom. The number of thiocarbonyl (C=S) groups is 1. The van der Waals surface area contributed by atoms with E-state index < -0.39 is 0 Å². The van der Waals surface area contributed by atoms with Crippen molar-refractivity contribution in [1.82, 2.24) is 5.32 Å². The van der Waals surface area contributed by atoms with Crippen LogP contribution in [0.2, 0.25) is 0 Å². The third kappa shape index (κ3) is 4.32. The molecule has 0 aliphatic carbocycles. The molecule has 0 radical (unpaired) electrons. The maximum absolute atomic E-state index is 5.38. The zero-order chi connectivity index (χ0) is 14.4. The molecule has 0 heterocycles. The number of hydrogen-bond acceptors (Lipinski definition) is 1. The van der Waals surface area contributed by atoms with Crippen molar-refractivity contribution in [2.45, 2.75) is 19.4 Å². The Balaban J connectivity index is 2.00. The highest BCUT2D eigenvalue weighted by atomic mass is 79.9. The Kier molecular flexibility index (Phi) is 5.56. The van der Waals surface area contributed by atoms with Gasteiger partial charge in [-0.25, -0.2) is 0 Å². The van der Waals surface area contributed by atoms with Crippen LogP contribution in [0.1, 0.15) is 24.9 Å². The first-order valence-electron chi connectivity index (χ1n) is 6.57. The summed E-state index contributed by atoms with van der Waals surface area (Å²) in [5.74, 6) is 0. The normalized spacial score (nSPS) is 11.7. The van der Waals surface area contributed by atoms with E-state index in [-0.39, 0.29) is 6.04 Å². The molecule has 0 unspecified atom stereocenters. The predicted molar refractivity (Wildman–Crippen MR) is 93.0 cm³/mol. The molecule has 0 bridgehead atoms. The third-order valence-electron chi connectivity index (χ3n) is 3.00. The molecule has 0 spiro atoms. The molecule has 2 aromatic carbocycles. The summed E-state index contributed by atoms with van der Waals surface area (Å²) >= 11 is 8.83. The fourth-order valence-electron chi connectivity index (χ4n) is 2.00. The fourth-order valence-corrected chi connectivity index (χ4v) is 2.66. The number of hydrogen-bond donors (Lipinski definition) is 2. The highest BCUT2D eigenvalue weighted by Crippen LogP contribution is 2.18. The Morgan fingerprint density at radius 1 is 1.15 bits per heavy atom. The van der Waals surface area contributed by atoms with E-state index >= 15 is 0 Å². The van der Waals surface area contributed by atoms with E-state index in [0.29, 0.717) is 5.11 Å². The summed E-state index contributed by atoms with van der Waals surface area (Å²) in [6.07, 6.45) is 0.977. The first kappa shape index (κ1) is 15.0. The van der Waals surface area contributed by atoms with Gasteiger partial charge in [0, 0.05) is 10.2 Å². The number of nitrogens with one attached hydrogen (secondary N) is 2. The quantitative estimate of drug-likeness (QED) is 0.769. The van der Waals surface area contributed by atoms with E-state index in [4.69, 9.17) is 12.2 Å². The van der Waals surface area contributed by atoms with Crippen molar-refractivity contribution in [3.63, 3.8) is 0 Å². The van der Waals surface area contributed by atoms with Gasteiger partial charge in [-0.15, -0.1) is 0 Å². The second-order valence-electron chi connectivity index (χ2n) is 4.48. The minimum Gasteiger partial charge on any atom is -0.356 e. The molecule has 20 heavy (non-hydrogen) atoms. The second kappa shape index (κ2) is 7.41. The first-order valence-corrected chi connectivity index (χ1v) is 7.77. The zero-order valence-corrected chi connectivity index (χ0v) is 13.7. The molecular weight excluding hydrogens is 332 g/mol. The highest BCUT2D eigenvalue weighted by Gasteiger charge is 2.10. The lowest BCUT2D eigenvalue weighted by Gasteiger charge is -2.20. The van der Waals surface area contributed by atoms with E-state index in [0.717, 1.165) is 16.6 Å².